The van der Waals surface area contributed by atoms with Crippen molar-refractivity contribution in [3.05, 3.63) is 46.1 Å². The number of aromatic nitrogens is 2. The van der Waals surface area contributed by atoms with E-state index in [1.54, 1.807) is 30.3 Å². The van der Waals surface area contributed by atoms with Crippen LogP contribution in [0.15, 0.2) is 30.3 Å². The number of carbonyl (C=O) groups excluding carboxylic acids is 1. The van der Waals surface area contributed by atoms with Crippen molar-refractivity contribution in [3.63, 3.8) is 0 Å². The van der Waals surface area contributed by atoms with Crippen LogP contribution in [0.4, 0.5) is 11.5 Å². The molecule has 21 heavy (non-hydrogen) atoms. The van der Waals surface area contributed by atoms with Crippen molar-refractivity contribution < 1.29 is 4.79 Å². The lowest BCUT2D eigenvalue weighted by atomic mass is 10.3. The zero-order valence-corrected chi connectivity index (χ0v) is 13.0. The molecule has 0 atom stereocenters. The highest BCUT2D eigenvalue weighted by molar-refractivity contribution is 6.35. The monoisotopic (exact) mass is 324 g/mol. The van der Waals surface area contributed by atoms with Crippen LogP contribution in [0.3, 0.4) is 0 Å². The number of rotatable bonds is 4. The fourth-order valence-corrected chi connectivity index (χ4v) is 1.92. The van der Waals surface area contributed by atoms with E-state index in [1.165, 1.54) is 0 Å². The van der Waals surface area contributed by atoms with Crippen molar-refractivity contribution in [2.24, 2.45) is 0 Å². The van der Waals surface area contributed by atoms with Crippen molar-refractivity contribution in [1.82, 2.24) is 15.5 Å². The SMILES string of the molecule is CC(C)NC(=O)c1ccc(Nc2cc(Cl)ccc2Cl)nn1. The van der Waals surface area contributed by atoms with Crippen LogP contribution in [0.1, 0.15) is 24.3 Å². The maximum Gasteiger partial charge on any atom is 0.271 e. The van der Waals surface area contributed by atoms with Gasteiger partial charge in [0.1, 0.15) is 0 Å². The molecular formula is C14H14Cl2N4O. The Labute approximate surface area is 132 Å². The lowest BCUT2D eigenvalue weighted by Crippen LogP contribution is -2.30. The first-order chi connectivity index (χ1) is 9.95. The molecule has 1 aromatic heterocycles. The summed E-state index contributed by atoms with van der Waals surface area (Å²) in [5.74, 6) is 0.213. The van der Waals surface area contributed by atoms with Gasteiger partial charge >= 0.3 is 0 Å². The van der Waals surface area contributed by atoms with E-state index in [0.29, 0.717) is 21.6 Å². The molecule has 1 amide bonds. The van der Waals surface area contributed by atoms with E-state index in [9.17, 15) is 4.79 Å². The maximum absolute atomic E-state index is 11.8. The summed E-state index contributed by atoms with van der Waals surface area (Å²) in [7, 11) is 0. The minimum absolute atomic E-state index is 0.0439. The van der Waals surface area contributed by atoms with Crippen LogP contribution in [0, 0.1) is 0 Å². The van der Waals surface area contributed by atoms with Gasteiger partial charge in [0.05, 0.1) is 10.7 Å². The summed E-state index contributed by atoms with van der Waals surface area (Å²) < 4.78 is 0. The molecule has 0 aliphatic heterocycles. The van der Waals surface area contributed by atoms with Gasteiger partial charge in [-0.1, -0.05) is 23.2 Å². The summed E-state index contributed by atoms with van der Waals surface area (Å²) in [4.78, 5) is 11.8. The first-order valence-corrected chi connectivity index (χ1v) is 7.08. The Morgan fingerprint density at radius 1 is 1.14 bits per heavy atom. The fourth-order valence-electron chi connectivity index (χ4n) is 1.59. The number of hydrogen-bond acceptors (Lipinski definition) is 4. The third-order valence-electron chi connectivity index (χ3n) is 2.51. The molecular weight excluding hydrogens is 311 g/mol. The second kappa shape index (κ2) is 6.74. The van der Waals surface area contributed by atoms with Crippen LogP contribution in [0.25, 0.3) is 0 Å². The van der Waals surface area contributed by atoms with E-state index in [4.69, 9.17) is 23.2 Å². The van der Waals surface area contributed by atoms with Crippen LogP contribution in [0.2, 0.25) is 10.0 Å². The second-order valence-corrected chi connectivity index (χ2v) is 5.52. The van der Waals surface area contributed by atoms with Gasteiger partial charge in [0, 0.05) is 11.1 Å². The Hall–Kier alpha value is -1.85. The second-order valence-electron chi connectivity index (χ2n) is 4.68. The Balaban J connectivity index is 2.12. The molecule has 0 spiro atoms. The summed E-state index contributed by atoms with van der Waals surface area (Å²) in [6.07, 6.45) is 0. The quantitative estimate of drug-likeness (QED) is 0.900. The topological polar surface area (TPSA) is 66.9 Å². The van der Waals surface area contributed by atoms with Gasteiger partial charge in [0.25, 0.3) is 5.91 Å². The largest absolute Gasteiger partial charge is 0.348 e. The highest BCUT2D eigenvalue weighted by atomic mass is 35.5. The summed E-state index contributed by atoms with van der Waals surface area (Å²) in [6.45, 7) is 3.75. The average Bonchev–Trinajstić information content (AvgIpc) is 2.43. The molecule has 2 rings (SSSR count). The first-order valence-electron chi connectivity index (χ1n) is 6.32. The van der Waals surface area contributed by atoms with Crippen LogP contribution < -0.4 is 10.6 Å². The van der Waals surface area contributed by atoms with E-state index in [-0.39, 0.29) is 17.6 Å². The minimum Gasteiger partial charge on any atom is -0.348 e. The van der Waals surface area contributed by atoms with E-state index in [0.717, 1.165) is 0 Å². The van der Waals surface area contributed by atoms with Gasteiger partial charge in [0.2, 0.25) is 0 Å². The number of halogens is 2. The zero-order valence-electron chi connectivity index (χ0n) is 11.5. The molecule has 5 nitrogen and oxygen atoms in total. The highest BCUT2D eigenvalue weighted by Crippen LogP contribution is 2.27. The Bertz CT molecular complexity index is 644. The van der Waals surface area contributed by atoms with Crippen molar-refractivity contribution >= 4 is 40.6 Å². The zero-order chi connectivity index (χ0) is 15.4. The van der Waals surface area contributed by atoms with Gasteiger partial charge in [-0.2, -0.15) is 0 Å². The normalized spacial score (nSPS) is 10.5. The van der Waals surface area contributed by atoms with Gasteiger partial charge < -0.3 is 10.6 Å². The molecule has 2 N–H and O–H groups in total. The number of nitrogens with zero attached hydrogens (tertiary/aromatic N) is 2. The number of anilines is 2. The number of nitrogens with one attached hydrogen (secondary N) is 2. The van der Waals surface area contributed by atoms with Gasteiger partial charge in [-0.15, -0.1) is 10.2 Å². The van der Waals surface area contributed by atoms with Gasteiger partial charge in [-0.05, 0) is 44.2 Å². The molecule has 110 valence electrons. The van der Waals surface area contributed by atoms with Crippen molar-refractivity contribution in [2.45, 2.75) is 19.9 Å². The van der Waals surface area contributed by atoms with E-state index in [1.807, 2.05) is 13.8 Å². The Morgan fingerprint density at radius 2 is 1.90 bits per heavy atom. The third-order valence-corrected chi connectivity index (χ3v) is 3.07. The molecule has 0 saturated heterocycles. The minimum atomic E-state index is -0.259. The van der Waals surface area contributed by atoms with Crippen LogP contribution in [-0.2, 0) is 0 Å². The highest BCUT2D eigenvalue weighted by Gasteiger charge is 2.09. The molecule has 0 unspecified atom stereocenters. The van der Waals surface area contributed by atoms with Crippen molar-refractivity contribution in [3.8, 4) is 0 Å². The molecule has 0 aliphatic rings. The molecule has 0 fully saturated rings. The van der Waals surface area contributed by atoms with Crippen molar-refractivity contribution in [1.29, 1.82) is 0 Å². The summed E-state index contributed by atoms with van der Waals surface area (Å²) in [5.41, 5.74) is 0.879. The predicted molar refractivity (Wildman–Crippen MR) is 84.4 cm³/mol. The maximum atomic E-state index is 11.8. The predicted octanol–water partition coefficient (Wildman–Crippen LogP) is 3.67. The Kier molecular flexibility index (Phi) is 4.98. The molecule has 1 heterocycles. The molecule has 2 aromatic rings. The summed E-state index contributed by atoms with van der Waals surface area (Å²) >= 11 is 12.0. The number of amides is 1. The first kappa shape index (κ1) is 15.5. The van der Waals surface area contributed by atoms with Crippen LogP contribution >= 0.6 is 23.2 Å². The lowest BCUT2D eigenvalue weighted by Gasteiger charge is -2.09. The van der Waals surface area contributed by atoms with E-state index in [2.05, 4.69) is 20.8 Å². The number of hydrogen-bond donors (Lipinski definition) is 2. The van der Waals surface area contributed by atoms with Crippen LogP contribution in [0.5, 0.6) is 0 Å². The van der Waals surface area contributed by atoms with Gasteiger partial charge in [-0.25, -0.2) is 0 Å². The van der Waals surface area contributed by atoms with E-state index >= 15 is 0 Å². The number of carbonyl (C=O) groups is 1. The number of benzene rings is 1. The summed E-state index contributed by atoms with van der Waals surface area (Å²) in [5, 5.41) is 14.6. The van der Waals surface area contributed by atoms with Gasteiger partial charge in [0.15, 0.2) is 11.5 Å². The fraction of sp³-hybridized carbons (Fsp3) is 0.214. The molecule has 7 heteroatoms. The summed E-state index contributed by atoms with van der Waals surface area (Å²) in [6, 6.07) is 8.35. The lowest BCUT2D eigenvalue weighted by molar-refractivity contribution is 0.0937. The Morgan fingerprint density at radius 3 is 2.52 bits per heavy atom. The third kappa shape index (κ3) is 4.31. The van der Waals surface area contributed by atoms with Crippen molar-refractivity contribution in [2.75, 3.05) is 5.32 Å². The molecule has 1 aromatic carbocycles. The molecule has 0 aliphatic carbocycles. The smallest absolute Gasteiger partial charge is 0.271 e. The van der Waals surface area contributed by atoms with Gasteiger partial charge in [-0.3, -0.25) is 4.79 Å². The molecule has 0 radical (unpaired) electrons. The standard InChI is InChI=1S/C14H14Cl2N4O/c1-8(2)17-14(21)11-5-6-13(20-19-11)18-12-7-9(15)3-4-10(12)16/h3-8H,1-2H3,(H,17,21)(H,18,20). The van der Waals surface area contributed by atoms with E-state index < -0.39 is 0 Å². The van der Waals surface area contributed by atoms with Crippen LogP contribution in [-0.4, -0.2) is 22.1 Å². The molecule has 0 bridgehead atoms. The average molecular weight is 325 g/mol. The molecule has 0 saturated carbocycles.